The zero-order chi connectivity index (χ0) is 23.3. The first-order valence-corrected chi connectivity index (χ1v) is 11.1. The second-order valence-electron chi connectivity index (χ2n) is 9.19. The van der Waals surface area contributed by atoms with E-state index >= 15 is 0 Å². The lowest BCUT2D eigenvalue weighted by Gasteiger charge is -2.21. The van der Waals surface area contributed by atoms with E-state index in [-0.39, 0.29) is 30.6 Å². The van der Waals surface area contributed by atoms with Gasteiger partial charge in [-0.3, -0.25) is 9.59 Å². The van der Waals surface area contributed by atoms with Crippen LogP contribution < -0.4 is 11.1 Å². The number of alkyl carbamates (subject to hydrolysis) is 1. The number of Topliss-reactive ketones (excluding diaryl/α,β-unsaturated/α-hetero) is 1. The Morgan fingerprint density at radius 3 is 2.16 bits per heavy atom. The van der Waals surface area contributed by atoms with Crippen molar-refractivity contribution in [2.75, 3.05) is 13.2 Å². The quantitative estimate of drug-likeness (QED) is 0.539. The smallest absolute Gasteiger partial charge is 0.407 e. The minimum Gasteiger partial charge on any atom is -0.449 e. The number of ketones is 1. The Hall–Kier alpha value is -3.15. The topological polar surface area (TPSA) is 98.5 Å². The summed E-state index contributed by atoms with van der Waals surface area (Å²) >= 11 is 0. The highest BCUT2D eigenvalue weighted by atomic mass is 16.5. The molecule has 6 nitrogen and oxygen atoms in total. The maximum absolute atomic E-state index is 12.3. The molecule has 0 radical (unpaired) electrons. The molecule has 0 saturated carbocycles. The van der Waals surface area contributed by atoms with Crippen molar-refractivity contribution < 1.29 is 19.1 Å². The van der Waals surface area contributed by atoms with Crippen molar-refractivity contribution in [1.82, 2.24) is 5.32 Å². The van der Waals surface area contributed by atoms with Gasteiger partial charge >= 0.3 is 6.09 Å². The van der Waals surface area contributed by atoms with Crippen molar-refractivity contribution in [3.05, 3.63) is 59.7 Å². The first kappa shape index (κ1) is 23.5. The van der Waals surface area contributed by atoms with E-state index in [0.717, 1.165) is 0 Å². The van der Waals surface area contributed by atoms with E-state index in [4.69, 9.17) is 10.5 Å². The number of amides is 2. The lowest BCUT2D eigenvalue weighted by Crippen LogP contribution is -2.35. The molecule has 6 heteroatoms. The fourth-order valence-electron chi connectivity index (χ4n) is 4.11. The third-order valence-electron chi connectivity index (χ3n) is 6.26. The van der Waals surface area contributed by atoms with Crippen LogP contribution in [-0.4, -0.2) is 30.9 Å². The average molecular weight is 437 g/mol. The maximum atomic E-state index is 12.3. The molecule has 0 aromatic heterocycles. The number of ether oxygens (including phenoxy) is 1. The molecule has 2 aromatic carbocycles. The molecular formula is C26H32N2O4. The van der Waals surface area contributed by atoms with Gasteiger partial charge in [0.15, 0.2) is 0 Å². The van der Waals surface area contributed by atoms with Crippen molar-refractivity contribution in [1.29, 1.82) is 0 Å². The van der Waals surface area contributed by atoms with Crippen molar-refractivity contribution in [2.45, 2.75) is 46.0 Å². The number of carbonyl (C=O) groups excluding carboxylic acids is 3. The summed E-state index contributed by atoms with van der Waals surface area (Å²) < 4.78 is 5.52. The lowest BCUT2D eigenvalue weighted by molar-refractivity contribution is -0.133. The van der Waals surface area contributed by atoms with E-state index in [2.05, 4.69) is 29.6 Å². The van der Waals surface area contributed by atoms with Gasteiger partial charge in [-0.15, -0.1) is 0 Å². The van der Waals surface area contributed by atoms with E-state index in [0.29, 0.717) is 19.4 Å². The van der Waals surface area contributed by atoms with Gasteiger partial charge < -0.3 is 15.8 Å². The summed E-state index contributed by atoms with van der Waals surface area (Å²) in [6.45, 7) is 5.90. The summed E-state index contributed by atoms with van der Waals surface area (Å²) in [5, 5.41) is 2.77. The molecule has 2 aromatic rings. The Bertz CT molecular complexity index is 953. The molecule has 0 aliphatic heterocycles. The molecule has 3 rings (SSSR count). The number of fused-ring (bicyclic) bond motifs is 3. The second-order valence-corrected chi connectivity index (χ2v) is 9.19. The van der Waals surface area contributed by atoms with Gasteiger partial charge in [0.2, 0.25) is 5.91 Å². The van der Waals surface area contributed by atoms with Gasteiger partial charge in [0.25, 0.3) is 0 Å². The van der Waals surface area contributed by atoms with E-state index in [1.807, 2.05) is 31.2 Å². The molecule has 0 fully saturated rings. The van der Waals surface area contributed by atoms with Crippen LogP contribution in [0.1, 0.15) is 57.1 Å². The maximum Gasteiger partial charge on any atom is 0.407 e. The number of rotatable bonds is 10. The highest BCUT2D eigenvalue weighted by Crippen LogP contribution is 2.44. The lowest BCUT2D eigenvalue weighted by atomic mass is 9.82. The predicted molar refractivity (Wildman–Crippen MR) is 124 cm³/mol. The Balaban J connectivity index is 1.43. The van der Waals surface area contributed by atoms with Gasteiger partial charge in [-0.05, 0) is 35.1 Å². The van der Waals surface area contributed by atoms with Crippen LogP contribution in [0.2, 0.25) is 0 Å². The number of benzene rings is 2. The van der Waals surface area contributed by atoms with Crippen molar-refractivity contribution in [3.8, 4) is 11.1 Å². The Kier molecular flexibility index (Phi) is 7.33. The molecular weight excluding hydrogens is 404 g/mol. The summed E-state index contributed by atoms with van der Waals surface area (Å²) in [5.41, 5.74) is 9.23. The first-order valence-electron chi connectivity index (χ1n) is 11.1. The Morgan fingerprint density at radius 1 is 1.03 bits per heavy atom. The predicted octanol–water partition coefficient (Wildman–Crippen LogP) is 4.41. The molecule has 1 aliphatic carbocycles. The van der Waals surface area contributed by atoms with Crippen LogP contribution in [-0.2, 0) is 14.3 Å². The Morgan fingerprint density at radius 2 is 1.59 bits per heavy atom. The Labute approximate surface area is 189 Å². The minimum absolute atomic E-state index is 0.00920. The van der Waals surface area contributed by atoms with Crippen LogP contribution in [0.4, 0.5) is 4.79 Å². The SMILES string of the molecule is C[C@@H](CCCNC(=O)OCC1c2ccccc2-c2ccccc21)C(=O)CC(C)(C)C(N)=O. The van der Waals surface area contributed by atoms with Crippen LogP contribution in [0.3, 0.4) is 0 Å². The van der Waals surface area contributed by atoms with Crippen LogP contribution >= 0.6 is 0 Å². The van der Waals surface area contributed by atoms with Crippen molar-refractivity contribution in [2.24, 2.45) is 17.1 Å². The van der Waals surface area contributed by atoms with E-state index < -0.39 is 17.4 Å². The van der Waals surface area contributed by atoms with E-state index in [1.54, 1.807) is 13.8 Å². The number of carbonyl (C=O) groups is 3. The molecule has 3 N–H and O–H groups in total. The summed E-state index contributed by atoms with van der Waals surface area (Å²) in [7, 11) is 0. The van der Waals surface area contributed by atoms with Gasteiger partial charge in [0.05, 0.1) is 5.41 Å². The van der Waals surface area contributed by atoms with Crippen LogP contribution in [0, 0.1) is 11.3 Å². The van der Waals surface area contributed by atoms with Gasteiger partial charge in [-0.2, -0.15) is 0 Å². The van der Waals surface area contributed by atoms with Crippen molar-refractivity contribution in [3.63, 3.8) is 0 Å². The molecule has 0 saturated heterocycles. The second kappa shape index (κ2) is 9.98. The summed E-state index contributed by atoms with van der Waals surface area (Å²) in [4.78, 5) is 36.0. The fraction of sp³-hybridized carbons (Fsp3) is 0.423. The molecule has 2 amide bonds. The van der Waals surface area contributed by atoms with Crippen LogP contribution in [0.25, 0.3) is 11.1 Å². The number of nitrogens with two attached hydrogens (primary N) is 1. The van der Waals surface area contributed by atoms with Crippen molar-refractivity contribution >= 4 is 17.8 Å². The number of nitrogens with one attached hydrogen (secondary N) is 1. The van der Waals surface area contributed by atoms with Gasteiger partial charge in [-0.25, -0.2) is 4.79 Å². The van der Waals surface area contributed by atoms with Crippen LogP contribution in [0.15, 0.2) is 48.5 Å². The molecule has 0 spiro atoms. The van der Waals surface area contributed by atoms with Gasteiger partial charge in [-0.1, -0.05) is 69.3 Å². The average Bonchev–Trinajstić information content (AvgIpc) is 3.08. The normalized spacial score (nSPS) is 13.7. The summed E-state index contributed by atoms with van der Waals surface area (Å²) in [6, 6.07) is 16.4. The minimum atomic E-state index is -0.842. The molecule has 0 heterocycles. The zero-order valence-corrected chi connectivity index (χ0v) is 19.0. The van der Waals surface area contributed by atoms with E-state index in [9.17, 15) is 14.4 Å². The molecule has 0 unspecified atom stereocenters. The largest absolute Gasteiger partial charge is 0.449 e. The molecule has 170 valence electrons. The van der Waals surface area contributed by atoms with Gasteiger partial charge in [0.1, 0.15) is 12.4 Å². The van der Waals surface area contributed by atoms with Gasteiger partial charge in [0, 0.05) is 24.8 Å². The fourth-order valence-corrected chi connectivity index (χ4v) is 4.11. The standard InChI is InChI=1S/C26H32N2O4/c1-17(23(29)15-26(2,3)24(27)30)9-8-14-28-25(31)32-16-22-20-12-6-4-10-18(20)19-11-5-7-13-21(19)22/h4-7,10-13,17,22H,8-9,14-16H2,1-3H3,(H2,27,30)(H,28,31)/t17-/m0/s1. The summed E-state index contributed by atoms with van der Waals surface area (Å²) in [5.74, 6) is -0.637. The summed E-state index contributed by atoms with van der Waals surface area (Å²) in [6.07, 6.45) is 0.940. The van der Waals surface area contributed by atoms with Crippen LogP contribution in [0.5, 0.6) is 0 Å². The molecule has 0 bridgehead atoms. The molecule has 32 heavy (non-hydrogen) atoms. The zero-order valence-electron chi connectivity index (χ0n) is 19.0. The molecule has 1 atom stereocenters. The van der Waals surface area contributed by atoms with E-state index in [1.165, 1.54) is 22.3 Å². The molecule has 1 aliphatic rings. The number of hydrogen-bond donors (Lipinski definition) is 2. The highest BCUT2D eigenvalue weighted by Gasteiger charge is 2.30. The number of primary amides is 1. The third-order valence-corrected chi connectivity index (χ3v) is 6.26. The highest BCUT2D eigenvalue weighted by molar-refractivity contribution is 5.89. The third kappa shape index (κ3) is 5.36. The monoisotopic (exact) mass is 436 g/mol. The first-order chi connectivity index (χ1) is 15.2. The number of hydrogen-bond acceptors (Lipinski definition) is 4.